The summed E-state index contributed by atoms with van der Waals surface area (Å²) in [4.78, 5) is 15.7. The number of carbonyl (C=O) groups excluding carboxylic acids is 1. The molecular weight excluding hydrogens is 224 g/mol. The lowest BCUT2D eigenvalue weighted by molar-refractivity contribution is -0.107. The molecule has 0 aliphatic heterocycles. The minimum absolute atomic E-state index is 0.813. The highest BCUT2D eigenvalue weighted by Crippen LogP contribution is 2.28. The number of fused-ring (bicyclic) bond motifs is 3. The van der Waals surface area contributed by atoms with Crippen LogP contribution >= 0.6 is 0 Å². The smallest absolute Gasteiger partial charge is 0.213 e. The summed E-state index contributed by atoms with van der Waals surface area (Å²) in [5, 5.41) is 2.41. The summed E-state index contributed by atoms with van der Waals surface area (Å²) in [5.41, 5.74) is 4.32. The SMILES string of the molecule is Cc1ccc2c(c1)[nH]c1cc(N(C)C=O)ccc12. The number of aryl methyl sites for hydroxylation is 1. The summed E-state index contributed by atoms with van der Waals surface area (Å²) >= 11 is 0. The van der Waals surface area contributed by atoms with Crippen LogP contribution in [0.2, 0.25) is 0 Å². The number of amides is 1. The summed E-state index contributed by atoms with van der Waals surface area (Å²) < 4.78 is 0. The zero-order valence-electron chi connectivity index (χ0n) is 10.4. The molecule has 3 heteroatoms. The first kappa shape index (κ1) is 10.8. The molecule has 3 rings (SSSR count). The van der Waals surface area contributed by atoms with E-state index in [4.69, 9.17) is 0 Å². The Bertz CT molecular complexity index is 743. The monoisotopic (exact) mass is 238 g/mol. The molecule has 0 atom stereocenters. The molecule has 0 saturated heterocycles. The van der Waals surface area contributed by atoms with Crippen molar-refractivity contribution < 1.29 is 4.79 Å². The molecule has 3 aromatic rings. The van der Waals surface area contributed by atoms with Crippen molar-refractivity contribution in [2.75, 3.05) is 11.9 Å². The van der Waals surface area contributed by atoms with Crippen molar-refractivity contribution in [3.05, 3.63) is 42.0 Å². The van der Waals surface area contributed by atoms with E-state index >= 15 is 0 Å². The maximum absolute atomic E-state index is 10.8. The molecule has 0 unspecified atom stereocenters. The summed E-state index contributed by atoms with van der Waals surface area (Å²) in [5.74, 6) is 0. The van der Waals surface area contributed by atoms with Gasteiger partial charge in [-0.05, 0) is 30.7 Å². The Balaban J connectivity index is 2.29. The number of nitrogens with zero attached hydrogens (tertiary/aromatic N) is 1. The number of hydrogen-bond acceptors (Lipinski definition) is 1. The first-order valence-electron chi connectivity index (χ1n) is 5.89. The molecule has 0 aliphatic carbocycles. The number of anilines is 1. The number of nitrogens with one attached hydrogen (secondary N) is 1. The second-order valence-electron chi connectivity index (χ2n) is 4.62. The molecule has 1 N–H and O–H groups in total. The largest absolute Gasteiger partial charge is 0.354 e. The topological polar surface area (TPSA) is 36.1 Å². The van der Waals surface area contributed by atoms with Gasteiger partial charge in [0.25, 0.3) is 0 Å². The van der Waals surface area contributed by atoms with Crippen LogP contribution in [0.3, 0.4) is 0 Å². The second kappa shape index (κ2) is 3.88. The third-order valence-electron chi connectivity index (χ3n) is 3.30. The van der Waals surface area contributed by atoms with E-state index in [0.29, 0.717) is 0 Å². The average Bonchev–Trinajstić information content (AvgIpc) is 2.73. The number of benzene rings is 2. The fraction of sp³-hybridized carbons (Fsp3) is 0.133. The molecule has 0 saturated carbocycles. The van der Waals surface area contributed by atoms with Gasteiger partial charge in [-0.25, -0.2) is 0 Å². The Morgan fingerprint density at radius 3 is 2.44 bits per heavy atom. The van der Waals surface area contributed by atoms with Crippen LogP contribution in [-0.4, -0.2) is 18.4 Å². The van der Waals surface area contributed by atoms with Gasteiger partial charge in [-0.1, -0.05) is 18.2 Å². The second-order valence-corrected chi connectivity index (χ2v) is 4.62. The Hall–Kier alpha value is -2.29. The van der Waals surface area contributed by atoms with Crippen molar-refractivity contribution in [1.82, 2.24) is 4.98 Å². The van der Waals surface area contributed by atoms with E-state index in [1.54, 1.807) is 11.9 Å². The number of aromatic amines is 1. The van der Waals surface area contributed by atoms with Crippen molar-refractivity contribution in [3.63, 3.8) is 0 Å². The maximum atomic E-state index is 10.8. The van der Waals surface area contributed by atoms with Crippen LogP contribution in [-0.2, 0) is 4.79 Å². The number of carbonyl (C=O) groups is 1. The fourth-order valence-electron chi connectivity index (χ4n) is 2.29. The van der Waals surface area contributed by atoms with Crippen molar-refractivity contribution >= 4 is 33.9 Å². The van der Waals surface area contributed by atoms with Gasteiger partial charge in [-0.2, -0.15) is 0 Å². The van der Waals surface area contributed by atoms with E-state index < -0.39 is 0 Å². The predicted octanol–water partition coefficient (Wildman–Crippen LogP) is 3.22. The fourth-order valence-corrected chi connectivity index (χ4v) is 2.29. The molecule has 1 amide bonds. The van der Waals surface area contributed by atoms with Crippen LogP contribution < -0.4 is 4.90 Å². The predicted molar refractivity (Wildman–Crippen MR) is 75.0 cm³/mol. The van der Waals surface area contributed by atoms with Crippen LogP contribution in [0.4, 0.5) is 5.69 Å². The number of H-pyrrole nitrogens is 1. The normalized spacial score (nSPS) is 11.0. The van der Waals surface area contributed by atoms with Gasteiger partial charge in [0.2, 0.25) is 6.41 Å². The quantitative estimate of drug-likeness (QED) is 0.684. The first-order chi connectivity index (χ1) is 8.69. The summed E-state index contributed by atoms with van der Waals surface area (Å²) in [6.07, 6.45) is 0.813. The highest BCUT2D eigenvalue weighted by Gasteiger charge is 2.06. The first-order valence-corrected chi connectivity index (χ1v) is 5.89. The zero-order chi connectivity index (χ0) is 12.7. The molecule has 1 heterocycles. The number of hydrogen-bond donors (Lipinski definition) is 1. The van der Waals surface area contributed by atoms with E-state index in [1.807, 2.05) is 12.1 Å². The third-order valence-corrected chi connectivity index (χ3v) is 3.30. The van der Waals surface area contributed by atoms with Crippen LogP contribution in [0.15, 0.2) is 36.4 Å². The van der Waals surface area contributed by atoms with Gasteiger partial charge < -0.3 is 9.88 Å². The van der Waals surface area contributed by atoms with Gasteiger partial charge in [0.15, 0.2) is 0 Å². The summed E-state index contributed by atoms with van der Waals surface area (Å²) in [6.45, 7) is 2.08. The highest BCUT2D eigenvalue weighted by atomic mass is 16.1. The third kappa shape index (κ3) is 1.56. The summed E-state index contributed by atoms with van der Waals surface area (Å²) in [6, 6.07) is 12.4. The van der Waals surface area contributed by atoms with Crippen molar-refractivity contribution in [2.45, 2.75) is 6.92 Å². The Labute approximate surface area is 105 Å². The van der Waals surface area contributed by atoms with Crippen LogP contribution in [0.25, 0.3) is 21.8 Å². The molecule has 3 nitrogen and oxygen atoms in total. The Morgan fingerprint density at radius 2 is 1.72 bits per heavy atom. The molecule has 0 spiro atoms. The minimum atomic E-state index is 0.813. The van der Waals surface area contributed by atoms with Gasteiger partial charge in [0.1, 0.15) is 0 Å². The number of aromatic nitrogens is 1. The van der Waals surface area contributed by atoms with Gasteiger partial charge in [-0.15, -0.1) is 0 Å². The maximum Gasteiger partial charge on any atom is 0.213 e. The van der Waals surface area contributed by atoms with E-state index in [-0.39, 0.29) is 0 Å². The number of rotatable bonds is 2. The van der Waals surface area contributed by atoms with Crippen LogP contribution in [0.1, 0.15) is 5.56 Å². The lowest BCUT2D eigenvalue weighted by atomic mass is 10.1. The lowest BCUT2D eigenvalue weighted by Crippen LogP contribution is -2.13. The van der Waals surface area contributed by atoms with Crippen molar-refractivity contribution in [2.24, 2.45) is 0 Å². The van der Waals surface area contributed by atoms with Gasteiger partial charge in [-0.3, -0.25) is 4.79 Å². The molecular formula is C15H14N2O. The van der Waals surface area contributed by atoms with Crippen molar-refractivity contribution in [1.29, 1.82) is 0 Å². The van der Waals surface area contributed by atoms with Crippen molar-refractivity contribution in [3.8, 4) is 0 Å². The van der Waals surface area contributed by atoms with E-state index in [1.165, 1.54) is 16.3 Å². The minimum Gasteiger partial charge on any atom is -0.354 e. The van der Waals surface area contributed by atoms with Gasteiger partial charge in [0.05, 0.1) is 0 Å². The van der Waals surface area contributed by atoms with Crippen LogP contribution in [0, 0.1) is 6.92 Å². The highest BCUT2D eigenvalue weighted by molar-refractivity contribution is 6.08. The molecule has 18 heavy (non-hydrogen) atoms. The molecule has 0 fully saturated rings. The standard InChI is InChI=1S/C15H14N2O/c1-10-3-5-12-13-6-4-11(17(2)9-18)8-15(13)16-14(12)7-10/h3-9,16H,1-2H3. The molecule has 1 aromatic heterocycles. The molecule has 0 aliphatic rings. The average molecular weight is 238 g/mol. The Kier molecular flexibility index (Phi) is 2.33. The van der Waals surface area contributed by atoms with E-state index in [9.17, 15) is 4.79 Å². The van der Waals surface area contributed by atoms with Gasteiger partial charge >= 0.3 is 0 Å². The molecule has 90 valence electrons. The molecule has 2 aromatic carbocycles. The Morgan fingerprint density at radius 1 is 1.06 bits per heavy atom. The molecule has 0 radical (unpaired) electrons. The zero-order valence-corrected chi connectivity index (χ0v) is 10.4. The van der Waals surface area contributed by atoms with E-state index in [0.717, 1.165) is 23.1 Å². The summed E-state index contributed by atoms with van der Waals surface area (Å²) in [7, 11) is 1.75. The molecule has 0 bridgehead atoms. The van der Waals surface area contributed by atoms with E-state index in [2.05, 4.69) is 36.2 Å². The van der Waals surface area contributed by atoms with Crippen LogP contribution in [0.5, 0.6) is 0 Å². The lowest BCUT2D eigenvalue weighted by Gasteiger charge is -2.09. The van der Waals surface area contributed by atoms with Gasteiger partial charge in [0, 0.05) is 34.5 Å².